The molecule has 5 nitrogen and oxygen atoms in total. The van der Waals surface area contributed by atoms with Gasteiger partial charge in [-0.25, -0.2) is 13.1 Å². The maximum Gasteiger partial charge on any atom is 0.252 e. The SMILES string of the molecule is CC(C)NS(=O)(=O)c1cccc(CNC(=O)c2cccc3ccccc23)c1. The van der Waals surface area contributed by atoms with E-state index in [9.17, 15) is 13.2 Å². The van der Waals surface area contributed by atoms with Crippen molar-refractivity contribution in [3.63, 3.8) is 0 Å². The number of hydrogen-bond donors (Lipinski definition) is 2. The van der Waals surface area contributed by atoms with E-state index in [1.54, 1.807) is 44.2 Å². The molecule has 1 amide bonds. The van der Waals surface area contributed by atoms with E-state index in [0.717, 1.165) is 16.3 Å². The predicted molar refractivity (Wildman–Crippen MR) is 107 cm³/mol. The van der Waals surface area contributed by atoms with Crippen molar-refractivity contribution >= 4 is 26.7 Å². The molecule has 0 spiro atoms. The van der Waals surface area contributed by atoms with Gasteiger partial charge in [0, 0.05) is 18.2 Å². The summed E-state index contributed by atoms with van der Waals surface area (Å²) >= 11 is 0. The van der Waals surface area contributed by atoms with Crippen molar-refractivity contribution in [3.8, 4) is 0 Å². The lowest BCUT2D eigenvalue weighted by atomic mass is 10.0. The molecule has 2 N–H and O–H groups in total. The molecule has 0 unspecified atom stereocenters. The Morgan fingerprint density at radius 2 is 1.67 bits per heavy atom. The van der Waals surface area contributed by atoms with Crippen LogP contribution in [0.2, 0.25) is 0 Å². The molecular formula is C21H22N2O3S. The number of benzene rings is 3. The standard InChI is InChI=1S/C21H22N2O3S/c1-15(2)23-27(25,26)18-10-5-7-16(13-18)14-22-21(24)20-12-6-9-17-8-3-4-11-19(17)20/h3-13,15,23H,14H2,1-2H3,(H,22,24). The summed E-state index contributed by atoms with van der Waals surface area (Å²) in [5, 5.41) is 4.76. The Kier molecular flexibility index (Phi) is 5.58. The van der Waals surface area contributed by atoms with E-state index >= 15 is 0 Å². The zero-order valence-electron chi connectivity index (χ0n) is 15.3. The molecule has 140 valence electrons. The van der Waals surface area contributed by atoms with Crippen molar-refractivity contribution in [1.29, 1.82) is 0 Å². The molecule has 3 aromatic carbocycles. The van der Waals surface area contributed by atoms with Crippen molar-refractivity contribution in [2.75, 3.05) is 0 Å². The third-order valence-electron chi connectivity index (χ3n) is 4.09. The highest BCUT2D eigenvalue weighted by Crippen LogP contribution is 2.18. The molecule has 27 heavy (non-hydrogen) atoms. The van der Waals surface area contributed by atoms with E-state index in [-0.39, 0.29) is 23.4 Å². The molecule has 0 aromatic heterocycles. The van der Waals surface area contributed by atoms with Crippen LogP contribution in [-0.2, 0) is 16.6 Å². The van der Waals surface area contributed by atoms with E-state index in [2.05, 4.69) is 10.0 Å². The first-order chi connectivity index (χ1) is 12.9. The van der Waals surface area contributed by atoms with Gasteiger partial charge in [-0.15, -0.1) is 0 Å². The number of amides is 1. The van der Waals surface area contributed by atoms with Gasteiger partial charge in [0.15, 0.2) is 0 Å². The second kappa shape index (κ2) is 7.90. The van der Waals surface area contributed by atoms with Crippen LogP contribution < -0.4 is 10.0 Å². The van der Waals surface area contributed by atoms with Crippen LogP contribution in [0.3, 0.4) is 0 Å². The molecule has 0 saturated heterocycles. The fourth-order valence-electron chi connectivity index (χ4n) is 2.90. The van der Waals surface area contributed by atoms with Crippen LogP contribution in [-0.4, -0.2) is 20.4 Å². The number of carbonyl (C=O) groups is 1. The molecule has 3 rings (SSSR count). The normalized spacial score (nSPS) is 11.7. The monoisotopic (exact) mass is 382 g/mol. The predicted octanol–water partition coefficient (Wildman–Crippen LogP) is 3.46. The Morgan fingerprint density at radius 1 is 0.963 bits per heavy atom. The van der Waals surface area contributed by atoms with Gasteiger partial charge in [0.05, 0.1) is 4.90 Å². The third kappa shape index (κ3) is 4.53. The van der Waals surface area contributed by atoms with E-state index in [1.807, 2.05) is 36.4 Å². The lowest BCUT2D eigenvalue weighted by Gasteiger charge is -2.11. The van der Waals surface area contributed by atoms with Crippen LogP contribution in [0.4, 0.5) is 0 Å². The summed E-state index contributed by atoms with van der Waals surface area (Å²) in [6.45, 7) is 3.78. The fourth-order valence-corrected chi connectivity index (χ4v) is 4.22. The van der Waals surface area contributed by atoms with Gasteiger partial charge >= 0.3 is 0 Å². The summed E-state index contributed by atoms with van der Waals surface area (Å²) in [5.74, 6) is -0.194. The molecule has 0 aliphatic carbocycles. The quantitative estimate of drug-likeness (QED) is 0.686. The lowest BCUT2D eigenvalue weighted by Crippen LogP contribution is -2.30. The fraction of sp³-hybridized carbons (Fsp3) is 0.190. The van der Waals surface area contributed by atoms with E-state index in [4.69, 9.17) is 0 Å². The summed E-state index contributed by atoms with van der Waals surface area (Å²) in [6, 6.07) is 19.7. The average Bonchev–Trinajstić information content (AvgIpc) is 2.65. The van der Waals surface area contributed by atoms with Gasteiger partial charge in [0.2, 0.25) is 10.0 Å². The molecule has 0 heterocycles. The van der Waals surface area contributed by atoms with Crippen LogP contribution in [0.15, 0.2) is 71.6 Å². The van der Waals surface area contributed by atoms with Gasteiger partial charge in [0.25, 0.3) is 5.91 Å². The molecule has 0 aliphatic heterocycles. The summed E-state index contributed by atoms with van der Waals surface area (Å²) in [5.41, 5.74) is 1.31. The highest BCUT2D eigenvalue weighted by molar-refractivity contribution is 7.89. The maximum atomic E-state index is 12.6. The van der Waals surface area contributed by atoms with E-state index in [1.165, 1.54) is 0 Å². The van der Waals surface area contributed by atoms with Crippen LogP contribution >= 0.6 is 0 Å². The number of hydrogen-bond acceptors (Lipinski definition) is 3. The van der Waals surface area contributed by atoms with Crippen molar-refractivity contribution in [1.82, 2.24) is 10.0 Å². The van der Waals surface area contributed by atoms with Crippen molar-refractivity contribution in [3.05, 3.63) is 77.9 Å². The molecular weight excluding hydrogens is 360 g/mol. The topological polar surface area (TPSA) is 75.3 Å². The summed E-state index contributed by atoms with van der Waals surface area (Å²) < 4.78 is 27.2. The minimum absolute atomic E-state index is 0.188. The van der Waals surface area contributed by atoms with Crippen LogP contribution in [0, 0.1) is 0 Å². The second-order valence-electron chi connectivity index (χ2n) is 6.63. The van der Waals surface area contributed by atoms with Crippen molar-refractivity contribution in [2.45, 2.75) is 31.3 Å². The Balaban J connectivity index is 1.77. The molecule has 0 fully saturated rings. The Morgan fingerprint density at radius 3 is 2.44 bits per heavy atom. The first kappa shape index (κ1) is 19.1. The lowest BCUT2D eigenvalue weighted by molar-refractivity contribution is 0.0952. The number of nitrogens with one attached hydrogen (secondary N) is 2. The highest BCUT2D eigenvalue weighted by Gasteiger charge is 2.16. The maximum absolute atomic E-state index is 12.6. The highest BCUT2D eigenvalue weighted by atomic mass is 32.2. The largest absolute Gasteiger partial charge is 0.348 e. The van der Waals surface area contributed by atoms with Gasteiger partial charge in [-0.3, -0.25) is 4.79 Å². The average molecular weight is 382 g/mol. The Hall–Kier alpha value is -2.70. The molecule has 0 atom stereocenters. The Labute approximate surface area is 159 Å². The molecule has 0 bridgehead atoms. The van der Waals surface area contributed by atoms with Gasteiger partial charge < -0.3 is 5.32 Å². The van der Waals surface area contributed by atoms with Gasteiger partial charge in [0.1, 0.15) is 0 Å². The molecule has 0 radical (unpaired) electrons. The van der Waals surface area contributed by atoms with Gasteiger partial charge in [-0.1, -0.05) is 48.5 Å². The first-order valence-corrected chi connectivity index (χ1v) is 10.2. The first-order valence-electron chi connectivity index (χ1n) is 8.74. The number of sulfonamides is 1. The molecule has 3 aromatic rings. The zero-order valence-corrected chi connectivity index (χ0v) is 16.1. The van der Waals surface area contributed by atoms with Gasteiger partial charge in [-0.2, -0.15) is 0 Å². The minimum Gasteiger partial charge on any atom is -0.348 e. The van der Waals surface area contributed by atoms with Crippen molar-refractivity contribution in [2.24, 2.45) is 0 Å². The third-order valence-corrected chi connectivity index (χ3v) is 5.74. The summed E-state index contributed by atoms with van der Waals surface area (Å²) in [6.07, 6.45) is 0. The Bertz CT molecular complexity index is 1070. The molecule has 6 heteroatoms. The number of rotatable bonds is 6. The molecule has 0 saturated carbocycles. The van der Waals surface area contributed by atoms with E-state index in [0.29, 0.717) is 5.56 Å². The van der Waals surface area contributed by atoms with Crippen LogP contribution in [0.25, 0.3) is 10.8 Å². The second-order valence-corrected chi connectivity index (χ2v) is 8.35. The van der Waals surface area contributed by atoms with Gasteiger partial charge in [-0.05, 0) is 48.4 Å². The van der Waals surface area contributed by atoms with Crippen LogP contribution in [0.1, 0.15) is 29.8 Å². The smallest absolute Gasteiger partial charge is 0.252 e. The van der Waals surface area contributed by atoms with Crippen LogP contribution in [0.5, 0.6) is 0 Å². The summed E-state index contributed by atoms with van der Waals surface area (Å²) in [4.78, 5) is 12.8. The zero-order chi connectivity index (χ0) is 19.4. The summed E-state index contributed by atoms with van der Waals surface area (Å²) in [7, 11) is -3.56. The minimum atomic E-state index is -3.56. The van der Waals surface area contributed by atoms with E-state index < -0.39 is 10.0 Å². The number of carbonyl (C=O) groups excluding carboxylic acids is 1. The number of fused-ring (bicyclic) bond motifs is 1. The molecule has 0 aliphatic rings. The van der Waals surface area contributed by atoms with Crippen molar-refractivity contribution < 1.29 is 13.2 Å².